The molecule has 0 spiro atoms. The van der Waals surface area contributed by atoms with Crippen LogP contribution in [0.1, 0.15) is 45.0 Å². The third kappa shape index (κ3) is 2.39. The molecule has 1 fully saturated rings. The zero-order valence-corrected chi connectivity index (χ0v) is 12.3. The molecule has 0 bridgehead atoms. The van der Waals surface area contributed by atoms with Crippen LogP contribution in [0.25, 0.3) is 11.0 Å². The fraction of sp³-hybridized carbons (Fsp3) is 0.562. The quantitative estimate of drug-likeness (QED) is 0.915. The molecule has 0 atom stereocenters. The highest BCUT2D eigenvalue weighted by Crippen LogP contribution is 2.30. The van der Waals surface area contributed by atoms with Gasteiger partial charge in [-0.15, -0.1) is 0 Å². The predicted molar refractivity (Wildman–Crippen MR) is 79.3 cm³/mol. The van der Waals surface area contributed by atoms with E-state index in [0.29, 0.717) is 0 Å². The SMILES string of the molecule is Cn1c(CNC2CC2)nc2cccc(C(C)(C)C)c21. The van der Waals surface area contributed by atoms with Crippen LogP contribution in [0.4, 0.5) is 0 Å². The first-order chi connectivity index (χ1) is 8.97. The molecule has 1 N–H and O–H groups in total. The number of nitrogens with one attached hydrogen (secondary N) is 1. The van der Waals surface area contributed by atoms with E-state index in [1.165, 1.54) is 23.9 Å². The summed E-state index contributed by atoms with van der Waals surface area (Å²) >= 11 is 0. The molecule has 1 aromatic heterocycles. The molecule has 1 saturated carbocycles. The number of benzene rings is 1. The number of hydrogen-bond donors (Lipinski definition) is 1. The van der Waals surface area contributed by atoms with Gasteiger partial charge in [0, 0.05) is 13.1 Å². The second kappa shape index (κ2) is 4.34. The molecule has 1 heterocycles. The van der Waals surface area contributed by atoms with E-state index in [4.69, 9.17) is 4.98 Å². The van der Waals surface area contributed by atoms with E-state index in [9.17, 15) is 0 Å². The molecule has 0 amide bonds. The van der Waals surface area contributed by atoms with Gasteiger partial charge in [0.25, 0.3) is 0 Å². The van der Waals surface area contributed by atoms with Crippen molar-refractivity contribution in [1.29, 1.82) is 0 Å². The number of aryl methyl sites for hydroxylation is 1. The topological polar surface area (TPSA) is 29.9 Å². The molecule has 19 heavy (non-hydrogen) atoms. The average Bonchev–Trinajstić information content (AvgIpc) is 3.11. The number of fused-ring (bicyclic) bond motifs is 1. The Morgan fingerprint density at radius 2 is 2.05 bits per heavy atom. The summed E-state index contributed by atoms with van der Waals surface area (Å²) in [7, 11) is 2.13. The van der Waals surface area contributed by atoms with E-state index in [1.807, 2.05) is 0 Å². The van der Waals surface area contributed by atoms with E-state index >= 15 is 0 Å². The molecule has 3 nitrogen and oxygen atoms in total. The first-order valence-electron chi connectivity index (χ1n) is 7.15. The van der Waals surface area contributed by atoms with Crippen molar-refractivity contribution in [1.82, 2.24) is 14.9 Å². The van der Waals surface area contributed by atoms with Gasteiger partial charge in [-0.1, -0.05) is 32.9 Å². The Labute approximate surface area is 115 Å². The van der Waals surface area contributed by atoms with Crippen LogP contribution in [0.2, 0.25) is 0 Å². The van der Waals surface area contributed by atoms with Crippen LogP contribution in [-0.2, 0) is 19.0 Å². The van der Waals surface area contributed by atoms with Gasteiger partial charge in [-0.25, -0.2) is 4.98 Å². The molecule has 0 unspecified atom stereocenters. The van der Waals surface area contributed by atoms with Crippen molar-refractivity contribution in [2.75, 3.05) is 0 Å². The summed E-state index contributed by atoms with van der Waals surface area (Å²) in [5.74, 6) is 1.14. The maximum absolute atomic E-state index is 4.79. The maximum Gasteiger partial charge on any atom is 0.123 e. The fourth-order valence-corrected chi connectivity index (χ4v) is 2.60. The molecule has 0 saturated heterocycles. The Hall–Kier alpha value is -1.35. The van der Waals surface area contributed by atoms with Gasteiger partial charge >= 0.3 is 0 Å². The maximum atomic E-state index is 4.79. The van der Waals surface area contributed by atoms with E-state index in [1.54, 1.807) is 0 Å². The number of imidazole rings is 1. The Morgan fingerprint density at radius 1 is 1.32 bits per heavy atom. The van der Waals surface area contributed by atoms with Crippen LogP contribution >= 0.6 is 0 Å². The summed E-state index contributed by atoms with van der Waals surface area (Å²) in [6.07, 6.45) is 2.63. The minimum absolute atomic E-state index is 0.147. The lowest BCUT2D eigenvalue weighted by atomic mass is 9.86. The van der Waals surface area contributed by atoms with Crippen molar-refractivity contribution in [3.63, 3.8) is 0 Å². The number of aromatic nitrogens is 2. The Morgan fingerprint density at radius 3 is 2.68 bits per heavy atom. The predicted octanol–water partition coefficient (Wildman–Crippen LogP) is 3.12. The number of rotatable bonds is 3. The van der Waals surface area contributed by atoms with Crippen molar-refractivity contribution >= 4 is 11.0 Å². The first kappa shape index (κ1) is 12.7. The molecule has 3 rings (SSSR count). The number of nitrogens with zero attached hydrogens (tertiary/aromatic N) is 2. The largest absolute Gasteiger partial charge is 0.330 e. The molecular weight excluding hydrogens is 234 g/mol. The van der Waals surface area contributed by atoms with Crippen molar-refractivity contribution in [3.8, 4) is 0 Å². The summed E-state index contributed by atoms with van der Waals surface area (Å²) in [5.41, 5.74) is 3.91. The lowest BCUT2D eigenvalue weighted by Gasteiger charge is -2.20. The van der Waals surface area contributed by atoms with Gasteiger partial charge in [-0.3, -0.25) is 0 Å². The zero-order valence-electron chi connectivity index (χ0n) is 12.3. The Balaban J connectivity index is 2.04. The molecule has 1 aromatic carbocycles. The van der Waals surface area contributed by atoms with E-state index in [2.05, 4.69) is 55.9 Å². The van der Waals surface area contributed by atoms with Crippen LogP contribution in [0.15, 0.2) is 18.2 Å². The molecule has 2 aromatic rings. The van der Waals surface area contributed by atoms with Gasteiger partial charge in [0.1, 0.15) is 5.82 Å². The molecule has 102 valence electrons. The van der Waals surface area contributed by atoms with Gasteiger partial charge in [0.15, 0.2) is 0 Å². The molecule has 1 aliphatic rings. The summed E-state index contributed by atoms with van der Waals surface area (Å²) < 4.78 is 2.26. The third-order valence-electron chi connectivity index (χ3n) is 3.92. The van der Waals surface area contributed by atoms with Gasteiger partial charge in [0.05, 0.1) is 17.6 Å². The number of hydrogen-bond acceptors (Lipinski definition) is 2. The zero-order chi connectivity index (χ0) is 13.6. The molecule has 0 radical (unpaired) electrons. The average molecular weight is 257 g/mol. The van der Waals surface area contributed by atoms with E-state index < -0.39 is 0 Å². The summed E-state index contributed by atoms with van der Waals surface area (Å²) in [6, 6.07) is 7.18. The second-order valence-corrected chi connectivity index (χ2v) is 6.67. The highest BCUT2D eigenvalue weighted by Gasteiger charge is 2.23. The van der Waals surface area contributed by atoms with Crippen LogP contribution in [-0.4, -0.2) is 15.6 Å². The first-order valence-corrected chi connectivity index (χ1v) is 7.15. The highest BCUT2D eigenvalue weighted by molar-refractivity contribution is 5.80. The normalized spacial score (nSPS) is 16.2. The van der Waals surface area contributed by atoms with E-state index in [-0.39, 0.29) is 5.41 Å². The Kier molecular flexibility index (Phi) is 2.90. The van der Waals surface area contributed by atoms with Gasteiger partial charge in [-0.05, 0) is 29.9 Å². The standard InChI is InChI=1S/C16H23N3/c1-16(2,3)12-6-5-7-13-15(12)19(4)14(18-13)10-17-11-8-9-11/h5-7,11,17H,8-10H2,1-4H3. The van der Waals surface area contributed by atoms with Gasteiger partial charge < -0.3 is 9.88 Å². The van der Waals surface area contributed by atoms with Gasteiger partial charge in [0.2, 0.25) is 0 Å². The second-order valence-electron chi connectivity index (χ2n) is 6.67. The van der Waals surface area contributed by atoms with Crippen LogP contribution in [0.3, 0.4) is 0 Å². The monoisotopic (exact) mass is 257 g/mol. The van der Waals surface area contributed by atoms with Crippen molar-refractivity contribution in [2.24, 2.45) is 7.05 Å². The highest BCUT2D eigenvalue weighted by atomic mass is 15.1. The molecule has 3 heteroatoms. The minimum Gasteiger partial charge on any atom is -0.330 e. The molecular formula is C16H23N3. The van der Waals surface area contributed by atoms with Crippen molar-refractivity contribution in [3.05, 3.63) is 29.6 Å². The lowest BCUT2D eigenvalue weighted by Crippen LogP contribution is -2.18. The van der Waals surface area contributed by atoms with Crippen LogP contribution < -0.4 is 5.32 Å². The number of para-hydroxylation sites is 1. The fourth-order valence-electron chi connectivity index (χ4n) is 2.60. The summed E-state index contributed by atoms with van der Waals surface area (Å²) in [4.78, 5) is 4.79. The summed E-state index contributed by atoms with van der Waals surface area (Å²) in [5, 5.41) is 3.55. The Bertz CT molecular complexity index is 600. The van der Waals surface area contributed by atoms with Crippen LogP contribution in [0.5, 0.6) is 0 Å². The summed E-state index contributed by atoms with van der Waals surface area (Å²) in [6.45, 7) is 7.66. The lowest BCUT2D eigenvalue weighted by molar-refractivity contribution is 0.590. The van der Waals surface area contributed by atoms with Crippen molar-refractivity contribution < 1.29 is 0 Å². The third-order valence-corrected chi connectivity index (χ3v) is 3.92. The minimum atomic E-state index is 0.147. The van der Waals surface area contributed by atoms with Gasteiger partial charge in [-0.2, -0.15) is 0 Å². The van der Waals surface area contributed by atoms with Crippen molar-refractivity contribution in [2.45, 2.75) is 51.6 Å². The molecule has 1 aliphatic carbocycles. The van der Waals surface area contributed by atoms with Crippen LogP contribution in [0, 0.1) is 0 Å². The smallest absolute Gasteiger partial charge is 0.123 e. The van der Waals surface area contributed by atoms with E-state index in [0.717, 1.165) is 23.9 Å². The molecule has 0 aliphatic heterocycles.